The van der Waals surface area contributed by atoms with Crippen LogP contribution in [0.3, 0.4) is 0 Å². The van der Waals surface area contributed by atoms with E-state index in [0.717, 1.165) is 11.4 Å². The SMILES string of the molecule is Nc1ccc(Nc2ncccn2)cc1. The number of hydrogen-bond donors (Lipinski definition) is 2. The van der Waals surface area contributed by atoms with Gasteiger partial charge in [-0.05, 0) is 30.3 Å². The first-order valence-corrected chi connectivity index (χ1v) is 4.24. The van der Waals surface area contributed by atoms with Crippen LogP contribution in [0.4, 0.5) is 17.3 Å². The number of aromatic nitrogens is 2. The molecule has 0 saturated carbocycles. The van der Waals surface area contributed by atoms with Gasteiger partial charge in [-0.25, -0.2) is 9.97 Å². The predicted molar refractivity (Wildman–Crippen MR) is 56.2 cm³/mol. The summed E-state index contributed by atoms with van der Waals surface area (Å²) in [7, 11) is 0. The molecule has 4 nitrogen and oxygen atoms in total. The quantitative estimate of drug-likeness (QED) is 0.702. The van der Waals surface area contributed by atoms with Crippen LogP contribution in [0, 0.1) is 0 Å². The van der Waals surface area contributed by atoms with Gasteiger partial charge in [0.2, 0.25) is 5.95 Å². The number of nitrogens with two attached hydrogens (primary N) is 1. The molecular formula is C10H10N4. The lowest BCUT2D eigenvalue weighted by atomic mass is 10.3. The Morgan fingerprint density at radius 3 is 2.29 bits per heavy atom. The summed E-state index contributed by atoms with van der Waals surface area (Å²) >= 11 is 0. The highest BCUT2D eigenvalue weighted by Gasteiger charge is 1.94. The Morgan fingerprint density at radius 2 is 1.64 bits per heavy atom. The van der Waals surface area contributed by atoms with Crippen molar-refractivity contribution in [2.75, 3.05) is 11.1 Å². The molecule has 0 bridgehead atoms. The number of nitrogen functional groups attached to an aromatic ring is 1. The average Bonchev–Trinajstić information content (AvgIpc) is 2.23. The zero-order valence-corrected chi connectivity index (χ0v) is 7.51. The second-order valence-corrected chi connectivity index (χ2v) is 2.82. The molecule has 0 aliphatic rings. The van der Waals surface area contributed by atoms with Crippen LogP contribution in [0.5, 0.6) is 0 Å². The number of rotatable bonds is 2. The summed E-state index contributed by atoms with van der Waals surface area (Å²) in [5, 5.41) is 3.05. The first kappa shape index (κ1) is 8.50. The highest BCUT2D eigenvalue weighted by atomic mass is 15.1. The summed E-state index contributed by atoms with van der Waals surface area (Å²) < 4.78 is 0. The largest absolute Gasteiger partial charge is 0.399 e. The summed E-state index contributed by atoms with van der Waals surface area (Å²) in [6, 6.07) is 9.18. The van der Waals surface area contributed by atoms with E-state index in [2.05, 4.69) is 15.3 Å². The van der Waals surface area contributed by atoms with Crippen molar-refractivity contribution in [1.82, 2.24) is 9.97 Å². The van der Waals surface area contributed by atoms with Crippen molar-refractivity contribution >= 4 is 17.3 Å². The van der Waals surface area contributed by atoms with Crippen molar-refractivity contribution in [3.8, 4) is 0 Å². The minimum atomic E-state index is 0.581. The van der Waals surface area contributed by atoms with Crippen molar-refractivity contribution in [1.29, 1.82) is 0 Å². The molecule has 1 heterocycles. The lowest BCUT2D eigenvalue weighted by Crippen LogP contribution is -1.95. The predicted octanol–water partition coefficient (Wildman–Crippen LogP) is 1.80. The van der Waals surface area contributed by atoms with Crippen LogP contribution >= 0.6 is 0 Å². The molecule has 2 aromatic rings. The minimum Gasteiger partial charge on any atom is -0.399 e. The highest BCUT2D eigenvalue weighted by Crippen LogP contribution is 2.13. The molecule has 1 aromatic carbocycles. The Bertz CT molecular complexity index is 396. The first-order chi connectivity index (χ1) is 6.84. The maximum atomic E-state index is 5.56. The smallest absolute Gasteiger partial charge is 0.227 e. The maximum absolute atomic E-state index is 5.56. The van der Waals surface area contributed by atoms with E-state index in [9.17, 15) is 0 Å². The van der Waals surface area contributed by atoms with Crippen LogP contribution in [0.1, 0.15) is 0 Å². The third-order valence-corrected chi connectivity index (χ3v) is 1.73. The molecule has 0 fully saturated rings. The van der Waals surface area contributed by atoms with Gasteiger partial charge in [0, 0.05) is 23.8 Å². The van der Waals surface area contributed by atoms with Gasteiger partial charge in [-0.1, -0.05) is 0 Å². The zero-order chi connectivity index (χ0) is 9.80. The summed E-state index contributed by atoms with van der Waals surface area (Å²) in [6.45, 7) is 0. The van der Waals surface area contributed by atoms with Gasteiger partial charge in [0.1, 0.15) is 0 Å². The molecule has 0 atom stereocenters. The molecule has 0 radical (unpaired) electrons. The normalized spacial score (nSPS) is 9.71. The van der Waals surface area contributed by atoms with Crippen molar-refractivity contribution in [3.63, 3.8) is 0 Å². The molecule has 0 saturated heterocycles. The number of hydrogen-bond acceptors (Lipinski definition) is 4. The molecule has 4 heteroatoms. The van der Waals surface area contributed by atoms with Gasteiger partial charge in [-0.3, -0.25) is 0 Å². The monoisotopic (exact) mass is 186 g/mol. The molecule has 70 valence electrons. The van der Waals surface area contributed by atoms with Crippen LogP contribution in [-0.2, 0) is 0 Å². The van der Waals surface area contributed by atoms with Crippen LogP contribution < -0.4 is 11.1 Å². The number of anilines is 3. The molecule has 2 rings (SSSR count). The summed E-state index contributed by atoms with van der Waals surface area (Å²) in [6.07, 6.45) is 3.37. The van der Waals surface area contributed by atoms with Crippen molar-refractivity contribution < 1.29 is 0 Å². The Labute approximate surface area is 81.8 Å². The van der Waals surface area contributed by atoms with E-state index in [1.165, 1.54) is 0 Å². The summed E-state index contributed by atoms with van der Waals surface area (Å²) in [5.74, 6) is 0.581. The molecule has 0 spiro atoms. The third-order valence-electron chi connectivity index (χ3n) is 1.73. The van der Waals surface area contributed by atoms with E-state index in [4.69, 9.17) is 5.73 Å². The Hall–Kier alpha value is -2.10. The topological polar surface area (TPSA) is 63.8 Å². The fraction of sp³-hybridized carbons (Fsp3) is 0. The van der Waals surface area contributed by atoms with Gasteiger partial charge < -0.3 is 11.1 Å². The van der Waals surface area contributed by atoms with E-state index in [0.29, 0.717) is 5.95 Å². The van der Waals surface area contributed by atoms with E-state index >= 15 is 0 Å². The van der Waals surface area contributed by atoms with E-state index in [1.54, 1.807) is 18.5 Å². The number of benzene rings is 1. The van der Waals surface area contributed by atoms with Gasteiger partial charge in [0.15, 0.2) is 0 Å². The van der Waals surface area contributed by atoms with E-state index in [1.807, 2.05) is 24.3 Å². The molecule has 0 aliphatic heterocycles. The minimum absolute atomic E-state index is 0.581. The van der Waals surface area contributed by atoms with Gasteiger partial charge in [-0.2, -0.15) is 0 Å². The summed E-state index contributed by atoms with van der Waals surface area (Å²) in [4.78, 5) is 8.09. The van der Waals surface area contributed by atoms with Crippen LogP contribution in [0.15, 0.2) is 42.7 Å². The zero-order valence-electron chi connectivity index (χ0n) is 7.51. The fourth-order valence-corrected chi connectivity index (χ4v) is 1.06. The summed E-state index contributed by atoms with van der Waals surface area (Å²) in [5.41, 5.74) is 7.22. The average molecular weight is 186 g/mol. The lowest BCUT2D eigenvalue weighted by molar-refractivity contribution is 1.17. The van der Waals surface area contributed by atoms with E-state index in [-0.39, 0.29) is 0 Å². The third kappa shape index (κ3) is 1.98. The van der Waals surface area contributed by atoms with Gasteiger partial charge >= 0.3 is 0 Å². The molecule has 0 amide bonds. The van der Waals surface area contributed by atoms with Crippen molar-refractivity contribution in [2.24, 2.45) is 0 Å². The van der Waals surface area contributed by atoms with Gasteiger partial charge in [-0.15, -0.1) is 0 Å². The maximum Gasteiger partial charge on any atom is 0.227 e. The lowest BCUT2D eigenvalue weighted by Gasteiger charge is -2.03. The molecule has 0 unspecified atom stereocenters. The second kappa shape index (κ2) is 3.74. The first-order valence-electron chi connectivity index (χ1n) is 4.24. The highest BCUT2D eigenvalue weighted by molar-refractivity contribution is 5.56. The Balaban J connectivity index is 2.16. The second-order valence-electron chi connectivity index (χ2n) is 2.82. The van der Waals surface area contributed by atoms with Crippen molar-refractivity contribution in [2.45, 2.75) is 0 Å². The molecule has 1 aromatic heterocycles. The molecule has 3 N–H and O–H groups in total. The molecule has 0 aliphatic carbocycles. The standard InChI is InChI=1S/C10H10N4/c11-8-2-4-9(5-3-8)14-10-12-6-1-7-13-10/h1-7H,11H2,(H,12,13,14). The number of nitrogens with one attached hydrogen (secondary N) is 1. The molecule has 14 heavy (non-hydrogen) atoms. The van der Waals surface area contributed by atoms with E-state index < -0.39 is 0 Å². The van der Waals surface area contributed by atoms with Crippen LogP contribution in [0.2, 0.25) is 0 Å². The fourth-order valence-electron chi connectivity index (χ4n) is 1.06. The Morgan fingerprint density at radius 1 is 1.00 bits per heavy atom. The van der Waals surface area contributed by atoms with Crippen LogP contribution in [0.25, 0.3) is 0 Å². The van der Waals surface area contributed by atoms with Gasteiger partial charge in [0.25, 0.3) is 0 Å². The Kier molecular flexibility index (Phi) is 2.27. The molecular weight excluding hydrogens is 176 g/mol. The van der Waals surface area contributed by atoms with Gasteiger partial charge in [0.05, 0.1) is 0 Å². The number of nitrogens with zero attached hydrogens (tertiary/aromatic N) is 2. The van der Waals surface area contributed by atoms with Crippen LogP contribution in [-0.4, -0.2) is 9.97 Å². The van der Waals surface area contributed by atoms with Crippen molar-refractivity contribution in [3.05, 3.63) is 42.7 Å².